The summed E-state index contributed by atoms with van der Waals surface area (Å²) in [5.41, 5.74) is 1.20. The molecular formula is C9H16N4. The average molecular weight is 180 g/mol. The molecule has 0 saturated carbocycles. The number of aromatic amines is 1. The van der Waals surface area contributed by atoms with Crippen molar-refractivity contribution in [3.8, 4) is 0 Å². The smallest absolute Gasteiger partial charge is 0.0922 e. The van der Waals surface area contributed by atoms with Crippen molar-refractivity contribution in [1.29, 1.82) is 0 Å². The van der Waals surface area contributed by atoms with Gasteiger partial charge in [0.2, 0.25) is 0 Å². The van der Waals surface area contributed by atoms with Crippen LogP contribution in [0.3, 0.4) is 0 Å². The fourth-order valence-corrected chi connectivity index (χ4v) is 1.71. The Kier molecular flexibility index (Phi) is 2.61. The fraction of sp³-hybridized carbons (Fsp3) is 0.667. The predicted molar refractivity (Wildman–Crippen MR) is 51.3 cm³/mol. The van der Waals surface area contributed by atoms with E-state index < -0.39 is 0 Å². The lowest BCUT2D eigenvalue weighted by molar-refractivity contribution is 0.164. The van der Waals surface area contributed by atoms with Crippen LogP contribution in [0.15, 0.2) is 12.5 Å². The average Bonchev–Trinajstić information content (AvgIpc) is 2.61. The SMILES string of the molecule is C[C@H]1CNCCN1Cc1cnc[nH]1. The van der Waals surface area contributed by atoms with Crippen LogP contribution in [0.5, 0.6) is 0 Å². The lowest BCUT2D eigenvalue weighted by Crippen LogP contribution is -2.49. The zero-order chi connectivity index (χ0) is 9.10. The molecule has 2 heterocycles. The number of nitrogens with zero attached hydrogens (tertiary/aromatic N) is 2. The van der Waals surface area contributed by atoms with Crippen LogP contribution in [-0.2, 0) is 6.54 Å². The Hall–Kier alpha value is -0.870. The predicted octanol–water partition coefficient (Wildman–Crippen LogP) is 0.203. The van der Waals surface area contributed by atoms with Crippen LogP contribution in [-0.4, -0.2) is 40.5 Å². The zero-order valence-corrected chi connectivity index (χ0v) is 7.95. The molecule has 0 radical (unpaired) electrons. The maximum absolute atomic E-state index is 4.01. The molecule has 0 bridgehead atoms. The van der Waals surface area contributed by atoms with E-state index in [9.17, 15) is 0 Å². The molecule has 0 aliphatic carbocycles. The number of piperazine rings is 1. The zero-order valence-electron chi connectivity index (χ0n) is 7.95. The minimum atomic E-state index is 0.622. The van der Waals surface area contributed by atoms with Crippen LogP contribution in [0.25, 0.3) is 0 Å². The third-order valence-electron chi connectivity index (χ3n) is 2.57. The van der Waals surface area contributed by atoms with Crippen molar-refractivity contribution in [3.05, 3.63) is 18.2 Å². The highest BCUT2D eigenvalue weighted by atomic mass is 15.2. The molecule has 0 aromatic carbocycles. The van der Waals surface area contributed by atoms with E-state index in [4.69, 9.17) is 0 Å². The van der Waals surface area contributed by atoms with Gasteiger partial charge in [-0.25, -0.2) is 4.98 Å². The molecule has 1 aliphatic rings. The van der Waals surface area contributed by atoms with Gasteiger partial charge in [0.25, 0.3) is 0 Å². The van der Waals surface area contributed by atoms with Crippen molar-refractivity contribution in [2.24, 2.45) is 0 Å². The van der Waals surface area contributed by atoms with E-state index in [1.165, 1.54) is 5.69 Å². The minimum Gasteiger partial charge on any atom is -0.347 e. The van der Waals surface area contributed by atoms with Gasteiger partial charge >= 0.3 is 0 Å². The van der Waals surface area contributed by atoms with Crippen LogP contribution >= 0.6 is 0 Å². The third kappa shape index (κ3) is 2.08. The van der Waals surface area contributed by atoms with Crippen molar-refractivity contribution >= 4 is 0 Å². The lowest BCUT2D eigenvalue weighted by atomic mass is 10.2. The van der Waals surface area contributed by atoms with Gasteiger partial charge in [0.1, 0.15) is 0 Å². The number of hydrogen-bond donors (Lipinski definition) is 2. The van der Waals surface area contributed by atoms with Crippen LogP contribution < -0.4 is 5.32 Å². The maximum Gasteiger partial charge on any atom is 0.0922 e. The van der Waals surface area contributed by atoms with Crippen molar-refractivity contribution < 1.29 is 0 Å². The topological polar surface area (TPSA) is 44.0 Å². The van der Waals surface area contributed by atoms with E-state index in [0.29, 0.717) is 6.04 Å². The molecule has 0 spiro atoms. The second-order valence-electron chi connectivity index (χ2n) is 3.60. The Morgan fingerprint density at radius 2 is 2.62 bits per heavy atom. The summed E-state index contributed by atoms with van der Waals surface area (Å²) >= 11 is 0. The molecule has 1 aliphatic heterocycles. The van der Waals surface area contributed by atoms with Gasteiger partial charge < -0.3 is 10.3 Å². The molecule has 72 valence electrons. The second-order valence-corrected chi connectivity index (χ2v) is 3.60. The van der Waals surface area contributed by atoms with E-state index in [1.807, 2.05) is 6.20 Å². The Bertz CT molecular complexity index is 244. The summed E-state index contributed by atoms with van der Waals surface area (Å²) in [7, 11) is 0. The first-order chi connectivity index (χ1) is 6.36. The number of nitrogens with one attached hydrogen (secondary N) is 2. The molecule has 1 atom stereocenters. The van der Waals surface area contributed by atoms with Crippen molar-refractivity contribution in [2.75, 3.05) is 19.6 Å². The number of hydrogen-bond acceptors (Lipinski definition) is 3. The van der Waals surface area contributed by atoms with Gasteiger partial charge in [-0.3, -0.25) is 4.90 Å². The summed E-state index contributed by atoms with van der Waals surface area (Å²) in [6.07, 6.45) is 3.64. The van der Waals surface area contributed by atoms with Crippen molar-refractivity contribution in [1.82, 2.24) is 20.2 Å². The highest BCUT2D eigenvalue weighted by Crippen LogP contribution is 2.06. The number of rotatable bonds is 2. The van der Waals surface area contributed by atoms with E-state index >= 15 is 0 Å². The molecule has 0 unspecified atom stereocenters. The number of imidazole rings is 1. The van der Waals surface area contributed by atoms with Crippen LogP contribution in [0.4, 0.5) is 0 Å². The van der Waals surface area contributed by atoms with Gasteiger partial charge in [-0.1, -0.05) is 0 Å². The first-order valence-corrected chi connectivity index (χ1v) is 4.78. The Morgan fingerprint density at radius 1 is 1.69 bits per heavy atom. The molecule has 4 nitrogen and oxygen atoms in total. The molecular weight excluding hydrogens is 164 g/mol. The first-order valence-electron chi connectivity index (χ1n) is 4.78. The van der Waals surface area contributed by atoms with Gasteiger partial charge in [-0.2, -0.15) is 0 Å². The molecule has 13 heavy (non-hydrogen) atoms. The Labute approximate surface area is 78.4 Å². The lowest BCUT2D eigenvalue weighted by Gasteiger charge is -2.33. The normalized spacial score (nSPS) is 24.8. The Morgan fingerprint density at radius 3 is 3.31 bits per heavy atom. The molecule has 1 aromatic heterocycles. The first kappa shape index (κ1) is 8.72. The monoisotopic (exact) mass is 180 g/mol. The quantitative estimate of drug-likeness (QED) is 0.683. The van der Waals surface area contributed by atoms with Gasteiger partial charge in [0.05, 0.1) is 6.33 Å². The van der Waals surface area contributed by atoms with E-state index in [2.05, 4.69) is 27.1 Å². The molecule has 1 aromatic rings. The second kappa shape index (κ2) is 3.89. The summed E-state index contributed by atoms with van der Waals surface area (Å²) < 4.78 is 0. The summed E-state index contributed by atoms with van der Waals surface area (Å²) in [4.78, 5) is 9.61. The van der Waals surface area contributed by atoms with Crippen LogP contribution in [0.1, 0.15) is 12.6 Å². The van der Waals surface area contributed by atoms with Crippen LogP contribution in [0, 0.1) is 0 Å². The summed E-state index contributed by atoms with van der Waals surface area (Å²) in [5, 5.41) is 3.38. The maximum atomic E-state index is 4.01. The molecule has 2 rings (SSSR count). The van der Waals surface area contributed by atoms with Gasteiger partial charge in [0.15, 0.2) is 0 Å². The minimum absolute atomic E-state index is 0.622. The Balaban J connectivity index is 1.93. The molecule has 1 fully saturated rings. The highest BCUT2D eigenvalue weighted by molar-refractivity contribution is 4.95. The van der Waals surface area contributed by atoms with Crippen LogP contribution in [0.2, 0.25) is 0 Å². The molecule has 0 amide bonds. The van der Waals surface area contributed by atoms with E-state index in [0.717, 1.165) is 26.2 Å². The third-order valence-corrected chi connectivity index (χ3v) is 2.57. The summed E-state index contributed by atoms with van der Waals surface area (Å²) in [5.74, 6) is 0. The van der Waals surface area contributed by atoms with E-state index in [-0.39, 0.29) is 0 Å². The largest absolute Gasteiger partial charge is 0.347 e. The number of H-pyrrole nitrogens is 1. The standard InChI is InChI=1S/C9H16N4/c1-8-4-10-2-3-13(8)6-9-5-11-7-12-9/h5,7-8,10H,2-4,6H2,1H3,(H,11,12)/t8-/m0/s1. The summed E-state index contributed by atoms with van der Waals surface area (Å²) in [6, 6.07) is 0.622. The van der Waals surface area contributed by atoms with E-state index in [1.54, 1.807) is 6.33 Å². The highest BCUT2D eigenvalue weighted by Gasteiger charge is 2.17. The molecule has 1 saturated heterocycles. The summed E-state index contributed by atoms with van der Waals surface area (Å²) in [6.45, 7) is 6.55. The fourth-order valence-electron chi connectivity index (χ4n) is 1.71. The van der Waals surface area contributed by atoms with Gasteiger partial charge in [-0.05, 0) is 6.92 Å². The van der Waals surface area contributed by atoms with Gasteiger partial charge in [-0.15, -0.1) is 0 Å². The van der Waals surface area contributed by atoms with Crippen molar-refractivity contribution in [3.63, 3.8) is 0 Å². The van der Waals surface area contributed by atoms with Gasteiger partial charge in [0, 0.05) is 44.1 Å². The molecule has 4 heteroatoms. The van der Waals surface area contributed by atoms with Crippen molar-refractivity contribution in [2.45, 2.75) is 19.5 Å². The molecule has 2 N–H and O–H groups in total. The number of aromatic nitrogens is 2.